The van der Waals surface area contributed by atoms with E-state index in [0.29, 0.717) is 28.5 Å². The summed E-state index contributed by atoms with van der Waals surface area (Å²) in [5.41, 5.74) is 2.72. The van der Waals surface area contributed by atoms with Gasteiger partial charge in [-0.2, -0.15) is 13.2 Å². The molecule has 0 atom stereocenters. The van der Waals surface area contributed by atoms with Crippen molar-refractivity contribution in [3.63, 3.8) is 0 Å². The molecule has 0 saturated heterocycles. The van der Waals surface area contributed by atoms with Crippen molar-refractivity contribution >= 4 is 40.8 Å². The Hall–Kier alpha value is -4.05. The number of aromatic carboxylic acids is 1. The lowest BCUT2D eigenvalue weighted by molar-refractivity contribution is -0.192. The van der Waals surface area contributed by atoms with Gasteiger partial charge in [0.1, 0.15) is 0 Å². The number of rotatable bonds is 6. The summed E-state index contributed by atoms with van der Waals surface area (Å²) in [6, 6.07) is 21.1. The minimum atomic E-state index is -5.08. The predicted molar refractivity (Wildman–Crippen MR) is 125 cm³/mol. The van der Waals surface area contributed by atoms with Gasteiger partial charge in [-0.15, -0.1) is 0 Å². The molecule has 1 amide bonds. The molecule has 0 saturated carbocycles. The highest BCUT2D eigenvalue weighted by Crippen LogP contribution is 2.28. The van der Waals surface area contributed by atoms with Crippen LogP contribution in [0, 0.1) is 0 Å². The van der Waals surface area contributed by atoms with Crippen LogP contribution in [0.3, 0.4) is 0 Å². The molecule has 3 N–H and O–H groups in total. The third-order valence-electron chi connectivity index (χ3n) is 4.49. The van der Waals surface area contributed by atoms with E-state index in [1.807, 2.05) is 42.3 Å². The zero-order valence-electron chi connectivity index (χ0n) is 18.2. The van der Waals surface area contributed by atoms with Gasteiger partial charge in [-0.25, -0.2) is 9.59 Å². The van der Waals surface area contributed by atoms with Crippen molar-refractivity contribution < 1.29 is 37.8 Å². The van der Waals surface area contributed by atoms with Gasteiger partial charge >= 0.3 is 18.1 Å². The van der Waals surface area contributed by atoms with Gasteiger partial charge in [-0.1, -0.05) is 48.0 Å². The first-order valence-electron chi connectivity index (χ1n) is 9.88. The van der Waals surface area contributed by atoms with Gasteiger partial charge in [-0.3, -0.25) is 4.79 Å². The number of amides is 1. The Morgan fingerprint density at radius 3 is 2.09 bits per heavy atom. The number of aliphatic carboxylic acids is 1. The van der Waals surface area contributed by atoms with Gasteiger partial charge in [0.2, 0.25) is 0 Å². The molecule has 7 nitrogen and oxygen atoms in total. The molecular weight excluding hydrogens is 489 g/mol. The van der Waals surface area contributed by atoms with Crippen LogP contribution < -0.4 is 10.2 Å². The fourth-order valence-corrected chi connectivity index (χ4v) is 3.06. The normalized spacial score (nSPS) is 10.5. The second kappa shape index (κ2) is 11.9. The number of carbonyl (C=O) groups is 3. The van der Waals surface area contributed by atoms with Crippen molar-refractivity contribution in [1.82, 2.24) is 0 Å². The number of carbonyl (C=O) groups excluding carboxylic acids is 1. The average Bonchev–Trinajstić information content (AvgIpc) is 2.79. The number of nitrogens with one attached hydrogen (secondary N) is 1. The largest absolute Gasteiger partial charge is 0.490 e. The summed E-state index contributed by atoms with van der Waals surface area (Å²) in [5, 5.41) is 19.7. The minimum absolute atomic E-state index is 0.0956. The minimum Gasteiger partial charge on any atom is -0.478 e. The van der Waals surface area contributed by atoms with Crippen LogP contribution in [-0.4, -0.2) is 41.3 Å². The fourth-order valence-electron chi connectivity index (χ4n) is 2.87. The van der Waals surface area contributed by atoms with Gasteiger partial charge in [0.15, 0.2) is 0 Å². The van der Waals surface area contributed by atoms with Crippen molar-refractivity contribution in [2.45, 2.75) is 12.7 Å². The van der Waals surface area contributed by atoms with Crippen LogP contribution in [0.4, 0.5) is 24.5 Å². The van der Waals surface area contributed by atoms with E-state index in [0.717, 1.165) is 5.56 Å². The molecule has 3 aromatic carbocycles. The zero-order chi connectivity index (χ0) is 26.2. The Labute approximate surface area is 203 Å². The third kappa shape index (κ3) is 8.35. The van der Waals surface area contributed by atoms with Crippen LogP contribution >= 0.6 is 11.6 Å². The Kier molecular flexibility index (Phi) is 9.24. The first kappa shape index (κ1) is 27.2. The number of alkyl halides is 3. The van der Waals surface area contributed by atoms with Crippen LogP contribution in [0.5, 0.6) is 0 Å². The highest BCUT2D eigenvalue weighted by atomic mass is 35.5. The van der Waals surface area contributed by atoms with Gasteiger partial charge in [0.25, 0.3) is 5.91 Å². The molecule has 0 spiro atoms. The van der Waals surface area contributed by atoms with E-state index in [1.165, 1.54) is 12.1 Å². The first-order valence-corrected chi connectivity index (χ1v) is 10.3. The fraction of sp³-hybridized carbons (Fsp3) is 0.125. The summed E-state index contributed by atoms with van der Waals surface area (Å²) >= 11 is 5.96. The molecule has 35 heavy (non-hydrogen) atoms. The summed E-state index contributed by atoms with van der Waals surface area (Å²) in [7, 11) is 1.89. The third-order valence-corrected chi connectivity index (χ3v) is 4.73. The molecular formula is C24H20ClF3N2O5. The maximum atomic E-state index is 12.6. The molecule has 0 aromatic heterocycles. The molecule has 0 heterocycles. The van der Waals surface area contributed by atoms with Crippen molar-refractivity contribution in [1.29, 1.82) is 0 Å². The van der Waals surface area contributed by atoms with Crippen molar-refractivity contribution in [2.75, 3.05) is 17.3 Å². The summed E-state index contributed by atoms with van der Waals surface area (Å²) in [5.74, 6) is -4.18. The Bertz CT molecular complexity index is 1200. The molecule has 3 rings (SSSR count). The number of carboxylic acids is 2. The lowest BCUT2D eigenvalue weighted by Crippen LogP contribution is -2.21. The van der Waals surface area contributed by atoms with E-state index < -0.39 is 18.1 Å². The molecule has 11 heteroatoms. The van der Waals surface area contributed by atoms with Gasteiger partial charge < -0.3 is 20.4 Å². The smallest absolute Gasteiger partial charge is 0.478 e. The predicted octanol–water partition coefficient (Wildman–Crippen LogP) is 5.56. The van der Waals surface area contributed by atoms with Crippen LogP contribution in [-0.2, 0) is 11.3 Å². The van der Waals surface area contributed by atoms with Crippen LogP contribution in [0.2, 0.25) is 5.02 Å². The number of benzene rings is 3. The molecule has 0 radical (unpaired) electrons. The molecule has 0 bridgehead atoms. The summed E-state index contributed by atoms with van der Waals surface area (Å²) < 4.78 is 31.7. The highest BCUT2D eigenvalue weighted by Gasteiger charge is 2.38. The number of halogens is 4. The van der Waals surface area contributed by atoms with Crippen LogP contribution in [0.15, 0.2) is 72.8 Å². The van der Waals surface area contributed by atoms with Crippen LogP contribution in [0.1, 0.15) is 26.3 Å². The Morgan fingerprint density at radius 2 is 1.54 bits per heavy atom. The molecule has 0 aliphatic heterocycles. The quantitative estimate of drug-likeness (QED) is 0.402. The maximum absolute atomic E-state index is 12.6. The second-order valence-corrected chi connectivity index (χ2v) is 7.58. The molecule has 0 aliphatic carbocycles. The summed E-state index contributed by atoms with van der Waals surface area (Å²) in [6.07, 6.45) is -5.08. The molecule has 0 unspecified atom stereocenters. The SMILES string of the molecule is CN(Cc1ccccc1)c1ccc(C(=O)O)cc1NC(=O)c1cccc(Cl)c1.O=C(O)C(F)(F)F. The number of carboxylic acid groups (broad SMARTS) is 2. The van der Waals surface area contributed by atoms with E-state index in [9.17, 15) is 27.9 Å². The van der Waals surface area contributed by atoms with Crippen molar-refractivity contribution in [2.24, 2.45) is 0 Å². The Balaban J connectivity index is 0.000000540. The van der Waals surface area contributed by atoms with E-state index in [1.54, 1.807) is 30.3 Å². The topological polar surface area (TPSA) is 107 Å². The van der Waals surface area contributed by atoms with Crippen LogP contribution in [0.25, 0.3) is 0 Å². The van der Waals surface area contributed by atoms with Crippen molar-refractivity contribution in [3.05, 3.63) is 94.5 Å². The van der Waals surface area contributed by atoms with E-state index in [-0.39, 0.29) is 11.5 Å². The second-order valence-electron chi connectivity index (χ2n) is 7.15. The molecule has 184 valence electrons. The number of hydrogen-bond acceptors (Lipinski definition) is 4. The first-order chi connectivity index (χ1) is 16.4. The van der Waals surface area contributed by atoms with Gasteiger partial charge in [0, 0.05) is 24.2 Å². The lowest BCUT2D eigenvalue weighted by Gasteiger charge is -2.23. The lowest BCUT2D eigenvalue weighted by atomic mass is 10.1. The standard InChI is InChI=1S/C22H19ClN2O3.C2HF3O2/c1-25(14-15-6-3-2-4-7-15)20-11-10-17(22(27)28)13-19(20)24-21(26)16-8-5-9-18(23)12-16;3-2(4,5)1(6)7/h2-13H,14H2,1H3,(H,24,26)(H,27,28);(H,6,7). The highest BCUT2D eigenvalue weighted by molar-refractivity contribution is 6.31. The van der Waals surface area contributed by atoms with E-state index in [4.69, 9.17) is 21.5 Å². The monoisotopic (exact) mass is 508 g/mol. The number of anilines is 2. The number of hydrogen-bond donors (Lipinski definition) is 3. The number of nitrogens with zero attached hydrogens (tertiary/aromatic N) is 1. The van der Waals surface area contributed by atoms with Crippen molar-refractivity contribution in [3.8, 4) is 0 Å². The molecule has 3 aromatic rings. The molecule has 0 fully saturated rings. The Morgan fingerprint density at radius 1 is 0.914 bits per heavy atom. The molecule has 0 aliphatic rings. The van der Waals surface area contributed by atoms with Gasteiger partial charge in [-0.05, 0) is 42.0 Å². The summed E-state index contributed by atoms with van der Waals surface area (Å²) in [4.78, 5) is 34.9. The van der Waals surface area contributed by atoms with E-state index in [2.05, 4.69) is 5.32 Å². The maximum Gasteiger partial charge on any atom is 0.490 e. The summed E-state index contributed by atoms with van der Waals surface area (Å²) in [6.45, 7) is 0.604. The zero-order valence-corrected chi connectivity index (χ0v) is 19.0. The van der Waals surface area contributed by atoms with Gasteiger partial charge in [0.05, 0.1) is 16.9 Å². The average molecular weight is 509 g/mol. The van der Waals surface area contributed by atoms with E-state index >= 15 is 0 Å².